The van der Waals surface area contributed by atoms with Crippen LogP contribution in [0.4, 0.5) is 0 Å². The van der Waals surface area contributed by atoms with Gasteiger partial charge in [-0.05, 0) is 35.4 Å². The Hall–Kier alpha value is -1.35. The maximum atomic E-state index is 11.3. The highest BCUT2D eigenvalue weighted by Crippen LogP contribution is 2.20. The van der Waals surface area contributed by atoms with Crippen LogP contribution in [-0.4, -0.2) is 14.7 Å². The largest absolute Gasteiger partial charge is 0.224 e. The summed E-state index contributed by atoms with van der Waals surface area (Å²) < 4.78 is 22.7. The van der Waals surface area contributed by atoms with E-state index >= 15 is 0 Å². The first kappa shape index (κ1) is 10.2. The van der Waals surface area contributed by atoms with Crippen molar-refractivity contribution >= 4 is 20.6 Å². The van der Waals surface area contributed by atoms with Crippen molar-refractivity contribution in [3.05, 3.63) is 48.9 Å². The van der Waals surface area contributed by atoms with Crippen molar-refractivity contribution in [3.63, 3.8) is 0 Å². The fraction of sp³-hybridized carbons (Fsp3) is 0.0833. The van der Waals surface area contributed by atoms with E-state index in [9.17, 15) is 8.42 Å². The van der Waals surface area contributed by atoms with E-state index in [1.165, 1.54) is 6.26 Å². The van der Waals surface area contributed by atoms with Crippen molar-refractivity contribution in [2.75, 3.05) is 6.26 Å². The van der Waals surface area contributed by atoms with Crippen LogP contribution in [0.1, 0.15) is 5.56 Å². The van der Waals surface area contributed by atoms with Gasteiger partial charge in [0.15, 0.2) is 9.84 Å². The van der Waals surface area contributed by atoms with Gasteiger partial charge >= 0.3 is 0 Å². The highest BCUT2D eigenvalue weighted by atomic mass is 32.2. The molecule has 2 nitrogen and oxygen atoms in total. The highest BCUT2D eigenvalue weighted by Gasteiger charge is 2.06. The SMILES string of the molecule is [CH2]c1ccc2cc(S(C)(=O)=O)ccc2c1. The van der Waals surface area contributed by atoms with Crippen molar-refractivity contribution in [3.8, 4) is 0 Å². The zero-order chi connectivity index (χ0) is 11.1. The zero-order valence-corrected chi connectivity index (χ0v) is 9.21. The third-order valence-corrected chi connectivity index (χ3v) is 3.41. The number of sulfone groups is 1. The van der Waals surface area contributed by atoms with Crippen molar-refractivity contribution in [2.24, 2.45) is 0 Å². The molecule has 0 aliphatic heterocycles. The van der Waals surface area contributed by atoms with E-state index in [1.54, 1.807) is 18.2 Å². The Bertz CT molecular complexity index is 613. The predicted octanol–water partition coefficient (Wildman–Crippen LogP) is 2.43. The van der Waals surface area contributed by atoms with E-state index < -0.39 is 9.84 Å². The molecule has 0 heterocycles. The summed E-state index contributed by atoms with van der Waals surface area (Å²) in [6.07, 6.45) is 1.21. The molecule has 1 radical (unpaired) electrons. The van der Waals surface area contributed by atoms with Gasteiger partial charge < -0.3 is 0 Å². The van der Waals surface area contributed by atoms with Crippen LogP contribution in [0.3, 0.4) is 0 Å². The fourth-order valence-corrected chi connectivity index (χ4v) is 2.16. The van der Waals surface area contributed by atoms with Crippen LogP contribution >= 0.6 is 0 Å². The molecule has 0 spiro atoms. The summed E-state index contributed by atoms with van der Waals surface area (Å²) in [4.78, 5) is 0.354. The minimum atomic E-state index is -3.12. The molecule has 0 saturated carbocycles. The molecule has 3 heteroatoms. The summed E-state index contributed by atoms with van der Waals surface area (Å²) in [5.41, 5.74) is 0.926. The second kappa shape index (κ2) is 3.35. The monoisotopic (exact) mass is 219 g/mol. The first-order valence-electron chi connectivity index (χ1n) is 4.53. The van der Waals surface area contributed by atoms with Crippen molar-refractivity contribution in [1.29, 1.82) is 0 Å². The number of hydrogen-bond acceptors (Lipinski definition) is 2. The molecule has 0 aromatic heterocycles. The quantitative estimate of drug-likeness (QED) is 0.738. The third kappa shape index (κ3) is 2.02. The van der Waals surface area contributed by atoms with E-state index in [1.807, 2.05) is 18.2 Å². The van der Waals surface area contributed by atoms with Gasteiger partial charge in [-0.15, -0.1) is 0 Å². The number of fused-ring (bicyclic) bond motifs is 1. The smallest absolute Gasteiger partial charge is 0.175 e. The Morgan fingerprint density at radius 2 is 1.60 bits per heavy atom. The number of hydrogen-bond donors (Lipinski definition) is 0. The van der Waals surface area contributed by atoms with Gasteiger partial charge in [0.05, 0.1) is 4.90 Å². The summed E-state index contributed by atoms with van der Waals surface area (Å²) in [7, 11) is -3.12. The second-order valence-electron chi connectivity index (χ2n) is 3.62. The minimum Gasteiger partial charge on any atom is -0.224 e. The van der Waals surface area contributed by atoms with E-state index in [0.717, 1.165) is 16.3 Å². The fourth-order valence-electron chi connectivity index (χ4n) is 1.50. The van der Waals surface area contributed by atoms with Crippen LogP contribution in [-0.2, 0) is 9.84 Å². The first-order valence-corrected chi connectivity index (χ1v) is 6.42. The normalized spacial score (nSPS) is 11.9. The zero-order valence-electron chi connectivity index (χ0n) is 8.40. The molecule has 0 saturated heterocycles. The molecule has 2 rings (SSSR count). The number of benzene rings is 2. The lowest BCUT2D eigenvalue weighted by molar-refractivity contribution is 0.602. The van der Waals surface area contributed by atoms with Crippen LogP contribution in [0.25, 0.3) is 10.8 Å². The minimum absolute atomic E-state index is 0.354. The first-order chi connectivity index (χ1) is 6.97. The second-order valence-corrected chi connectivity index (χ2v) is 5.63. The summed E-state index contributed by atoms with van der Waals surface area (Å²) in [5.74, 6) is 0. The number of rotatable bonds is 1. The summed E-state index contributed by atoms with van der Waals surface area (Å²) in [6, 6.07) is 10.8. The van der Waals surface area contributed by atoms with Gasteiger partial charge in [-0.2, -0.15) is 0 Å². The van der Waals surface area contributed by atoms with Gasteiger partial charge in [-0.25, -0.2) is 8.42 Å². The molecule has 0 bridgehead atoms. The average molecular weight is 219 g/mol. The van der Waals surface area contributed by atoms with Crippen molar-refractivity contribution in [1.82, 2.24) is 0 Å². The lowest BCUT2D eigenvalue weighted by Crippen LogP contribution is -1.96. The average Bonchev–Trinajstić information content (AvgIpc) is 2.15. The Kier molecular flexibility index (Phi) is 2.27. The van der Waals surface area contributed by atoms with E-state index in [2.05, 4.69) is 6.92 Å². The molecule has 0 unspecified atom stereocenters. The molecule has 0 atom stereocenters. The van der Waals surface area contributed by atoms with Gasteiger partial charge in [-0.1, -0.05) is 24.3 Å². The Morgan fingerprint density at radius 1 is 1.00 bits per heavy atom. The van der Waals surface area contributed by atoms with Crippen LogP contribution in [0, 0.1) is 6.92 Å². The molecule has 0 aliphatic carbocycles. The summed E-state index contributed by atoms with van der Waals surface area (Å²) in [5, 5.41) is 1.93. The maximum absolute atomic E-state index is 11.3. The van der Waals surface area contributed by atoms with Crippen LogP contribution in [0.15, 0.2) is 41.3 Å². The summed E-state index contributed by atoms with van der Waals surface area (Å²) >= 11 is 0. The van der Waals surface area contributed by atoms with Crippen molar-refractivity contribution in [2.45, 2.75) is 4.90 Å². The van der Waals surface area contributed by atoms with Gasteiger partial charge in [0, 0.05) is 6.26 Å². The molecule has 0 fully saturated rings. The van der Waals surface area contributed by atoms with Gasteiger partial charge in [-0.3, -0.25) is 0 Å². The van der Waals surface area contributed by atoms with Crippen molar-refractivity contribution < 1.29 is 8.42 Å². The van der Waals surface area contributed by atoms with Crippen LogP contribution < -0.4 is 0 Å². The molecular weight excluding hydrogens is 208 g/mol. The lowest BCUT2D eigenvalue weighted by atomic mass is 10.1. The summed E-state index contributed by atoms with van der Waals surface area (Å²) in [6.45, 7) is 3.82. The molecule has 0 aliphatic rings. The molecule has 0 N–H and O–H groups in total. The Balaban J connectivity index is 2.73. The molecule has 77 valence electrons. The standard InChI is InChI=1S/C12H11O2S/c1-9-3-4-11-8-12(15(2,13)14)6-5-10(11)7-9/h3-8H,1H2,2H3. The molecule has 2 aromatic rings. The molecule has 15 heavy (non-hydrogen) atoms. The Labute approximate surface area is 89.5 Å². The van der Waals surface area contributed by atoms with Crippen LogP contribution in [0.2, 0.25) is 0 Å². The Morgan fingerprint density at radius 3 is 2.27 bits per heavy atom. The lowest BCUT2D eigenvalue weighted by Gasteiger charge is -2.02. The molecular formula is C12H11O2S. The van der Waals surface area contributed by atoms with Gasteiger partial charge in [0.1, 0.15) is 0 Å². The van der Waals surface area contributed by atoms with E-state index in [0.29, 0.717) is 4.90 Å². The maximum Gasteiger partial charge on any atom is 0.175 e. The highest BCUT2D eigenvalue weighted by molar-refractivity contribution is 7.90. The van der Waals surface area contributed by atoms with Crippen LogP contribution in [0.5, 0.6) is 0 Å². The third-order valence-electron chi connectivity index (χ3n) is 2.30. The molecule has 0 amide bonds. The van der Waals surface area contributed by atoms with E-state index in [-0.39, 0.29) is 0 Å². The van der Waals surface area contributed by atoms with Gasteiger partial charge in [0.25, 0.3) is 0 Å². The molecule has 2 aromatic carbocycles. The predicted molar refractivity (Wildman–Crippen MR) is 61.5 cm³/mol. The van der Waals surface area contributed by atoms with E-state index in [4.69, 9.17) is 0 Å². The van der Waals surface area contributed by atoms with Gasteiger partial charge in [0.2, 0.25) is 0 Å². The topological polar surface area (TPSA) is 34.1 Å².